The van der Waals surface area contributed by atoms with Crippen LogP contribution < -0.4 is 8.92 Å². The summed E-state index contributed by atoms with van der Waals surface area (Å²) in [6.45, 7) is 5.27. The lowest BCUT2D eigenvalue weighted by atomic mass is 10.1. The van der Waals surface area contributed by atoms with Crippen LogP contribution in [0.25, 0.3) is 0 Å². The van der Waals surface area contributed by atoms with Gasteiger partial charge in [-0.2, -0.15) is 8.42 Å². The Morgan fingerprint density at radius 2 is 1.77 bits per heavy atom. The molecular weight excluding hydrogens is 490 g/mol. The third-order valence-electron chi connectivity index (χ3n) is 4.02. The van der Waals surface area contributed by atoms with Gasteiger partial charge in [-0.25, -0.2) is 4.79 Å². The van der Waals surface area contributed by atoms with Crippen molar-refractivity contribution in [1.29, 1.82) is 0 Å². The molecule has 0 aliphatic rings. The van der Waals surface area contributed by atoms with Gasteiger partial charge in [0.25, 0.3) is 0 Å². The summed E-state index contributed by atoms with van der Waals surface area (Å²) in [6, 6.07) is 10.5. The summed E-state index contributed by atoms with van der Waals surface area (Å²) in [5, 5.41) is 10.4. The number of aliphatic hydroxyl groups is 1. The number of ether oxygens (including phenoxy) is 2. The first-order valence-corrected chi connectivity index (χ1v) is 11.5. The first-order valence-electron chi connectivity index (χ1n) is 9.32. The number of carbonyl (C=O) groups is 1. The molecule has 1 amide bonds. The molecule has 2 rings (SSSR count). The Hall–Kier alpha value is -2.30. The fourth-order valence-corrected chi connectivity index (χ4v) is 4.18. The molecule has 0 saturated heterocycles. The number of benzene rings is 2. The van der Waals surface area contributed by atoms with Crippen LogP contribution in [-0.2, 0) is 14.9 Å². The van der Waals surface area contributed by atoms with E-state index in [0.717, 1.165) is 0 Å². The topological polar surface area (TPSA) is 102 Å². The molecule has 0 bridgehead atoms. The van der Waals surface area contributed by atoms with Gasteiger partial charge in [-0.1, -0.05) is 28.1 Å². The van der Waals surface area contributed by atoms with Crippen molar-refractivity contribution in [1.82, 2.24) is 4.90 Å². The first kappa shape index (κ1) is 25.0. The zero-order chi connectivity index (χ0) is 23.4. The maximum Gasteiger partial charge on any atom is 0.410 e. The first-order chi connectivity index (χ1) is 14.3. The highest BCUT2D eigenvalue weighted by atomic mass is 79.9. The third-order valence-corrected chi connectivity index (χ3v) is 5.78. The number of rotatable bonds is 7. The molecule has 0 heterocycles. The van der Waals surface area contributed by atoms with Crippen LogP contribution in [0.1, 0.15) is 32.4 Å². The largest absolute Gasteiger partial charge is 0.495 e. The third kappa shape index (κ3) is 7.12. The van der Waals surface area contributed by atoms with Gasteiger partial charge >= 0.3 is 16.2 Å². The highest BCUT2D eigenvalue weighted by Gasteiger charge is 2.24. The average Bonchev–Trinajstić information content (AvgIpc) is 2.66. The van der Waals surface area contributed by atoms with Gasteiger partial charge in [-0.3, -0.25) is 0 Å². The molecule has 0 aliphatic heterocycles. The molecule has 2 aromatic rings. The van der Waals surface area contributed by atoms with E-state index in [4.69, 9.17) is 13.7 Å². The van der Waals surface area contributed by atoms with E-state index in [-0.39, 0.29) is 22.9 Å². The number of carbonyl (C=O) groups excluding carboxylic acids is 1. The molecule has 0 fully saturated rings. The Bertz CT molecular complexity index is 1020. The van der Waals surface area contributed by atoms with Crippen molar-refractivity contribution < 1.29 is 32.0 Å². The summed E-state index contributed by atoms with van der Waals surface area (Å²) in [4.78, 5) is 13.2. The van der Waals surface area contributed by atoms with Crippen LogP contribution in [0.3, 0.4) is 0 Å². The quantitative estimate of drug-likeness (QED) is 0.553. The van der Waals surface area contributed by atoms with Gasteiger partial charge in [0, 0.05) is 11.5 Å². The van der Waals surface area contributed by atoms with Crippen LogP contribution in [0.4, 0.5) is 4.79 Å². The summed E-state index contributed by atoms with van der Waals surface area (Å²) in [6.07, 6.45) is -1.55. The molecule has 8 nitrogen and oxygen atoms in total. The van der Waals surface area contributed by atoms with Gasteiger partial charge in [0.05, 0.1) is 19.8 Å². The highest BCUT2D eigenvalue weighted by Crippen LogP contribution is 2.30. The van der Waals surface area contributed by atoms with Gasteiger partial charge in [0.15, 0.2) is 0 Å². The van der Waals surface area contributed by atoms with Crippen LogP contribution >= 0.6 is 15.9 Å². The summed E-state index contributed by atoms with van der Waals surface area (Å²) in [5.74, 6) is 0.221. The minimum atomic E-state index is -4.15. The van der Waals surface area contributed by atoms with Crippen molar-refractivity contribution in [3.63, 3.8) is 0 Å². The van der Waals surface area contributed by atoms with Gasteiger partial charge in [-0.05, 0) is 56.7 Å². The Morgan fingerprint density at radius 3 is 2.32 bits per heavy atom. The van der Waals surface area contributed by atoms with Gasteiger partial charge < -0.3 is 23.7 Å². The van der Waals surface area contributed by atoms with E-state index >= 15 is 0 Å². The van der Waals surface area contributed by atoms with E-state index in [2.05, 4.69) is 15.9 Å². The lowest BCUT2D eigenvalue weighted by Crippen LogP contribution is -2.36. The lowest BCUT2D eigenvalue weighted by Gasteiger charge is -2.26. The van der Waals surface area contributed by atoms with Crippen LogP contribution in [-0.4, -0.2) is 50.8 Å². The second-order valence-corrected chi connectivity index (χ2v) is 10.2. The number of aliphatic hydroxyl groups excluding tert-OH is 1. The van der Waals surface area contributed by atoms with Crippen molar-refractivity contribution in [2.24, 2.45) is 0 Å². The van der Waals surface area contributed by atoms with Gasteiger partial charge in [0.1, 0.15) is 22.0 Å². The Kier molecular flexibility index (Phi) is 7.96. The number of likely N-dealkylation sites (N-methyl/N-ethyl adjacent to an activating group) is 1. The lowest BCUT2D eigenvalue weighted by molar-refractivity contribution is 0.0205. The molecule has 0 saturated carbocycles. The van der Waals surface area contributed by atoms with E-state index in [1.807, 2.05) is 0 Å². The van der Waals surface area contributed by atoms with Gasteiger partial charge in [-0.15, -0.1) is 0 Å². The molecule has 31 heavy (non-hydrogen) atoms. The average molecular weight is 516 g/mol. The Balaban J connectivity index is 2.10. The molecular formula is C21H26BrNO7S. The Labute approximate surface area is 191 Å². The minimum Gasteiger partial charge on any atom is -0.495 e. The smallest absolute Gasteiger partial charge is 0.410 e. The molecule has 10 heteroatoms. The predicted molar refractivity (Wildman–Crippen MR) is 119 cm³/mol. The van der Waals surface area contributed by atoms with Crippen molar-refractivity contribution in [2.75, 3.05) is 20.7 Å². The second-order valence-electron chi connectivity index (χ2n) is 7.78. The van der Waals surface area contributed by atoms with Crippen LogP contribution in [0.15, 0.2) is 51.8 Å². The highest BCUT2D eigenvalue weighted by molar-refractivity contribution is 9.10. The van der Waals surface area contributed by atoms with Crippen molar-refractivity contribution in [3.05, 3.63) is 52.5 Å². The summed E-state index contributed by atoms with van der Waals surface area (Å²) >= 11 is 3.23. The van der Waals surface area contributed by atoms with Gasteiger partial charge in [0.2, 0.25) is 0 Å². The zero-order valence-electron chi connectivity index (χ0n) is 18.0. The molecule has 0 radical (unpaired) electrons. The number of nitrogens with zero attached hydrogens (tertiary/aromatic N) is 1. The fourth-order valence-electron chi connectivity index (χ4n) is 2.54. The number of hydrogen-bond donors (Lipinski definition) is 1. The molecule has 2 aromatic carbocycles. The number of amides is 1. The summed E-state index contributed by atoms with van der Waals surface area (Å²) < 4.78 is 41.4. The number of hydrogen-bond acceptors (Lipinski definition) is 7. The standard InChI is InChI=1S/C21H26BrNO7S/c1-21(2,3)29-20(25)23(4)13-17(24)14-6-9-16(10-7-14)30-31(26,27)19-12-15(22)8-11-18(19)28-5/h6-12,17,24H,13H2,1-5H3. The van der Waals surface area contributed by atoms with E-state index in [1.165, 1.54) is 55.5 Å². The normalized spacial score (nSPS) is 12.7. The monoisotopic (exact) mass is 515 g/mol. The van der Waals surface area contributed by atoms with E-state index in [9.17, 15) is 18.3 Å². The molecule has 1 unspecified atom stereocenters. The zero-order valence-corrected chi connectivity index (χ0v) is 20.4. The van der Waals surface area contributed by atoms with Crippen molar-refractivity contribution in [2.45, 2.75) is 37.4 Å². The van der Waals surface area contributed by atoms with E-state index in [0.29, 0.717) is 10.0 Å². The summed E-state index contributed by atoms with van der Waals surface area (Å²) in [5.41, 5.74) is -0.155. The maximum absolute atomic E-state index is 12.7. The number of methoxy groups -OCH3 is 1. The molecule has 1 N–H and O–H groups in total. The van der Waals surface area contributed by atoms with Crippen LogP contribution in [0, 0.1) is 0 Å². The maximum atomic E-state index is 12.7. The second kappa shape index (κ2) is 9.88. The molecule has 1 atom stereocenters. The van der Waals surface area contributed by atoms with Crippen LogP contribution in [0.2, 0.25) is 0 Å². The van der Waals surface area contributed by atoms with Crippen molar-refractivity contribution in [3.8, 4) is 11.5 Å². The van der Waals surface area contributed by atoms with E-state index in [1.54, 1.807) is 26.8 Å². The van der Waals surface area contributed by atoms with Crippen molar-refractivity contribution >= 4 is 32.1 Å². The Morgan fingerprint density at radius 1 is 1.16 bits per heavy atom. The van der Waals surface area contributed by atoms with Crippen LogP contribution in [0.5, 0.6) is 11.5 Å². The predicted octanol–water partition coefficient (Wildman–Crippen LogP) is 4.13. The van der Waals surface area contributed by atoms with E-state index < -0.39 is 27.9 Å². The molecule has 0 spiro atoms. The number of halogens is 1. The fraction of sp³-hybridized carbons (Fsp3) is 0.381. The molecule has 0 aromatic heterocycles. The SMILES string of the molecule is COc1ccc(Br)cc1S(=O)(=O)Oc1ccc(C(O)CN(C)C(=O)OC(C)(C)C)cc1. The molecule has 0 aliphatic carbocycles. The molecule has 170 valence electrons. The minimum absolute atomic E-state index is 0.00264. The summed E-state index contributed by atoms with van der Waals surface area (Å²) in [7, 11) is -1.26.